The van der Waals surface area contributed by atoms with Crippen LogP contribution in [0, 0.1) is 18.3 Å². The van der Waals surface area contributed by atoms with Crippen LogP contribution in [0.2, 0.25) is 0 Å². The summed E-state index contributed by atoms with van der Waals surface area (Å²) in [6, 6.07) is 10.6. The van der Waals surface area contributed by atoms with Crippen molar-refractivity contribution in [1.82, 2.24) is 4.98 Å². The quantitative estimate of drug-likeness (QED) is 0.846. The Morgan fingerprint density at radius 1 is 1.26 bits per heavy atom. The van der Waals surface area contributed by atoms with Crippen LogP contribution in [0.3, 0.4) is 0 Å². The first-order valence-electron chi connectivity index (χ1n) is 7.90. The summed E-state index contributed by atoms with van der Waals surface area (Å²) < 4.78 is 0. The lowest BCUT2D eigenvalue weighted by molar-refractivity contribution is 0.578. The highest BCUT2D eigenvalue weighted by molar-refractivity contribution is 7.10. The topological polar surface area (TPSA) is 52.0 Å². The number of hydrogen-bond acceptors (Lipinski definition) is 5. The molecular weight excluding hydrogens is 304 g/mol. The Hall–Kier alpha value is -2.32. The van der Waals surface area contributed by atoms with E-state index in [1.165, 1.54) is 36.3 Å². The molecule has 1 aromatic carbocycles. The summed E-state index contributed by atoms with van der Waals surface area (Å²) in [5.74, 6) is 0. The molecule has 118 valence electrons. The number of allylic oxidation sites excluding steroid dienone is 1. The predicted molar refractivity (Wildman–Crippen MR) is 96.6 cm³/mol. The molecule has 23 heavy (non-hydrogen) atoms. The van der Waals surface area contributed by atoms with E-state index in [2.05, 4.69) is 45.5 Å². The van der Waals surface area contributed by atoms with Gasteiger partial charge in [-0.2, -0.15) is 5.26 Å². The lowest BCUT2D eigenvalue weighted by Gasteiger charge is -2.28. The lowest BCUT2D eigenvalue weighted by Crippen LogP contribution is -2.29. The lowest BCUT2D eigenvalue weighted by atomic mass is 10.1. The maximum Gasteiger partial charge on any atom is 0.135 e. The number of aryl methyl sites for hydroxylation is 1. The van der Waals surface area contributed by atoms with Crippen LogP contribution in [-0.2, 0) is 0 Å². The molecular formula is C18H20N4S. The normalized spacial score (nSPS) is 15.3. The monoisotopic (exact) mass is 324 g/mol. The number of thiazole rings is 1. The summed E-state index contributed by atoms with van der Waals surface area (Å²) in [6.45, 7) is 4.23. The van der Waals surface area contributed by atoms with E-state index in [1.54, 1.807) is 6.20 Å². The van der Waals surface area contributed by atoms with Gasteiger partial charge in [0.05, 0.1) is 0 Å². The Morgan fingerprint density at radius 3 is 2.61 bits per heavy atom. The van der Waals surface area contributed by atoms with Crippen LogP contribution in [0.5, 0.6) is 0 Å². The number of hydrogen-bond donors (Lipinski definition) is 1. The standard InChI is InChI=1S/C18H20N4S/c1-14-13-23-18(21-14)15(11-19)12-20-16-5-7-17(8-6-16)22-9-3-2-4-10-22/h5-8,12-13,20H,2-4,9-10H2,1H3/b15-12+. The van der Waals surface area contributed by atoms with Crippen LogP contribution in [0.25, 0.3) is 5.57 Å². The van der Waals surface area contributed by atoms with E-state index >= 15 is 0 Å². The molecule has 1 fully saturated rings. The third-order valence-electron chi connectivity index (χ3n) is 3.94. The SMILES string of the molecule is Cc1csc(/C(C#N)=C/Nc2ccc(N3CCCCC3)cc2)n1. The van der Waals surface area contributed by atoms with Gasteiger partial charge < -0.3 is 10.2 Å². The van der Waals surface area contributed by atoms with E-state index in [0.29, 0.717) is 5.57 Å². The number of anilines is 2. The number of benzene rings is 1. The second-order valence-corrected chi connectivity index (χ2v) is 6.56. The Bertz CT molecular complexity index is 718. The van der Waals surface area contributed by atoms with Gasteiger partial charge in [-0.25, -0.2) is 4.98 Å². The summed E-state index contributed by atoms with van der Waals surface area (Å²) in [7, 11) is 0. The smallest absolute Gasteiger partial charge is 0.135 e. The molecule has 1 saturated heterocycles. The molecule has 3 rings (SSSR count). The molecule has 1 aromatic heterocycles. The highest BCUT2D eigenvalue weighted by atomic mass is 32.1. The van der Waals surface area contributed by atoms with E-state index in [0.717, 1.165) is 29.5 Å². The second kappa shape index (κ2) is 7.30. The Kier molecular flexibility index (Phi) is 4.94. The maximum absolute atomic E-state index is 9.28. The average Bonchev–Trinajstić information content (AvgIpc) is 3.03. The molecule has 1 aliphatic heterocycles. The van der Waals surface area contributed by atoms with Crippen molar-refractivity contribution >= 4 is 28.3 Å². The van der Waals surface area contributed by atoms with Crippen molar-refractivity contribution in [2.75, 3.05) is 23.3 Å². The summed E-state index contributed by atoms with van der Waals surface area (Å²) >= 11 is 1.49. The minimum absolute atomic E-state index is 0.559. The van der Waals surface area contributed by atoms with Crippen LogP contribution in [0.1, 0.15) is 30.0 Å². The van der Waals surface area contributed by atoms with Gasteiger partial charge >= 0.3 is 0 Å². The van der Waals surface area contributed by atoms with Crippen LogP contribution in [0.15, 0.2) is 35.8 Å². The first kappa shape index (κ1) is 15.6. The molecule has 1 N–H and O–H groups in total. The number of aromatic nitrogens is 1. The minimum Gasteiger partial charge on any atom is -0.372 e. The zero-order valence-electron chi connectivity index (χ0n) is 13.2. The van der Waals surface area contributed by atoms with Crippen molar-refractivity contribution in [3.05, 3.63) is 46.5 Å². The molecule has 2 aromatic rings. The molecule has 4 nitrogen and oxygen atoms in total. The Balaban J connectivity index is 1.68. The molecule has 0 amide bonds. The number of nitrogens with zero attached hydrogens (tertiary/aromatic N) is 3. The molecule has 0 saturated carbocycles. The Labute approximate surface area is 141 Å². The first-order valence-corrected chi connectivity index (χ1v) is 8.78. The van der Waals surface area contributed by atoms with Gasteiger partial charge in [-0.05, 0) is 50.5 Å². The van der Waals surface area contributed by atoms with E-state index < -0.39 is 0 Å². The van der Waals surface area contributed by atoms with Crippen molar-refractivity contribution in [1.29, 1.82) is 5.26 Å². The molecule has 0 spiro atoms. The fraction of sp³-hybridized carbons (Fsp3) is 0.333. The van der Waals surface area contributed by atoms with Gasteiger partial charge in [-0.1, -0.05) is 0 Å². The van der Waals surface area contributed by atoms with Gasteiger partial charge in [-0.15, -0.1) is 11.3 Å². The number of nitrogens with one attached hydrogen (secondary N) is 1. The van der Waals surface area contributed by atoms with Crippen LogP contribution in [-0.4, -0.2) is 18.1 Å². The van der Waals surface area contributed by atoms with Crippen molar-refractivity contribution in [2.45, 2.75) is 26.2 Å². The molecule has 1 aliphatic rings. The summed E-state index contributed by atoms with van der Waals surface area (Å²) in [5, 5.41) is 15.2. The van der Waals surface area contributed by atoms with Gasteiger partial charge in [0.25, 0.3) is 0 Å². The molecule has 0 bridgehead atoms. The molecule has 2 heterocycles. The van der Waals surface area contributed by atoms with Crippen molar-refractivity contribution < 1.29 is 0 Å². The predicted octanol–water partition coefficient (Wildman–Crippen LogP) is 4.42. The fourth-order valence-electron chi connectivity index (χ4n) is 2.70. The van der Waals surface area contributed by atoms with Crippen molar-refractivity contribution in [3.63, 3.8) is 0 Å². The van der Waals surface area contributed by atoms with E-state index in [-0.39, 0.29) is 0 Å². The molecule has 5 heteroatoms. The first-order chi connectivity index (χ1) is 11.3. The average molecular weight is 324 g/mol. The van der Waals surface area contributed by atoms with E-state index in [9.17, 15) is 5.26 Å². The number of piperidine rings is 1. The van der Waals surface area contributed by atoms with Gasteiger partial charge in [0, 0.05) is 41.7 Å². The summed E-state index contributed by atoms with van der Waals surface area (Å²) in [6.07, 6.45) is 5.63. The second-order valence-electron chi connectivity index (χ2n) is 5.70. The van der Waals surface area contributed by atoms with Crippen molar-refractivity contribution in [2.24, 2.45) is 0 Å². The largest absolute Gasteiger partial charge is 0.372 e. The van der Waals surface area contributed by atoms with Gasteiger partial charge in [-0.3, -0.25) is 0 Å². The minimum atomic E-state index is 0.559. The maximum atomic E-state index is 9.28. The fourth-order valence-corrected chi connectivity index (χ4v) is 3.46. The summed E-state index contributed by atoms with van der Waals surface area (Å²) in [4.78, 5) is 6.78. The zero-order valence-corrected chi connectivity index (χ0v) is 14.1. The number of nitriles is 1. The van der Waals surface area contributed by atoms with Gasteiger partial charge in [0.2, 0.25) is 0 Å². The molecule has 0 radical (unpaired) electrons. The van der Waals surface area contributed by atoms with Crippen LogP contribution in [0.4, 0.5) is 11.4 Å². The van der Waals surface area contributed by atoms with Crippen molar-refractivity contribution in [3.8, 4) is 6.07 Å². The molecule has 0 unspecified atom stereocenters. The molecule has 0 aliphatic carbocycles. The third-order valence-corrected chi connectivity index (χ3v) is 4.93. The highest BCUT2D eigenvalue weighted by Gasteiger charge is 2.10. The highest BCUT2D eigenvalue weighted by Crippen LogP contribution is 2.23. The van der Waals surface area contributed by atoms with Crippen LogP contribution >= 0.6 is 11.3 Å². The van der Waals surface area contributed by atoms with E-state index in [1.807, 2.05) is 12.3 Å². The third kappa shape index (κ3) is 3.91. The van der Waals surface area contributed by atoms with Crippen LogP contribution < -0.4 is 10.2 Å². The molecule has 0 atom stereocenters. The number of rotatable bonds is 4. The Morgan fingerprint density at radius 2 is 2.00 bits per heavy atom. The van der Waals surface area contributed by atoms with Gasteiger partial charge in [0.1, 0.15) is 16.6 Å². The summed E-state index contributed by atoms with van der Waals surface area (Å²) in [5.41, 5.74) is 3.75. The van der Waals surface area contributed by atoms with Gasteiger partial charge in [0.15, 0.2) is 0 Å². The van der Waals surface area contributed by atoms with E-state index in [4.69, 9.17) is 0 Å². The zero-order chi connectivity index (χ0) is 16.1.